The summed E-state index contributed by atoms with van der Waals surface area (Å²) in [6.07, 6.45) is 0. The predicted octanol–water partition coefficient (Wildman–Crippen LogP) is 4.66. The van der Waals surface area contributed by atoms with Gasteiger partial charge in [-0.25, -0.2) is 9.97 Å². The zero-order valence-corrected chi connectivity index (χ0v) is 18.2. The third-order valence-corrected chi connectivity index (χ3v) is 6.02. The molecule has 7 nitrogen and oxygen atoms in total. The Morgan fingerprint density at radius 3 is 2.70 bits per heavy atom. The average Bonchev–Trinajstić information content (AvgIpc) is 3.47. The molecular formula is C22H25N5O2S. The minimum Gasteiger partial charge on any atom is -0.440 e. The summed E-state index contributed by atoms with van der Waals surface area (Å²) in [6, 6.07) is 11.8. The quantitative estimate of drug-likeness (QED) is 0.446. The summed E-state index contributed by atoms with van der Waals surface area (Å²) in [6.45, 7) is 9.62. The fourth-order valence-corrected chi connectivity index (χ4v) is 4.10. The lowest BCUT2D eigenvalue weighted by molar-refractivity contribution is 0.102. The minimum atomic E-state index is -0.321. The van der Waals surface area contributed by atoms with Crippen LogP contribution < -0.4 is 5.32 Å². The first-order chi connectivity index (χ1) is 14.6. The van der Waals surface area contributed by atoms with Crippen molar-refractivity contribution >= 4 is 34.2 Å². The number of hydrogen-bond donors (Lipinski definition) is 1. The summed E-state index contributed by atoms with van der Waals surface area (Å²) in [5.74, 6) is 1.15. The Bertz CT molecular complexity index is 1140. The van der Waals surface area contributed by atoms with Crippen molar-refractivity contribution in [1.29, 1.82) is 0 Å². The number of anilines is 1. The van der Waals surface area contributed by atoms with Crippen LogP contribution in [-0.4, -0.2) is 45.0 Å². The SMILES string of the molecule is CCN(CC)CCn1c(NC(=O)c2nc(-c3cccs3)oc2C)nc2ccccc21. The monoisotopic (exact) mass is 423 g/mol. The van der Waals surface area contributed by atoms with Crippen molar-refractivity contribution in [1.82, 2.24) is 19.4 Å². The number of aryl methyl sites for hydroxylation is 1. The number of fused-ring (bicyclic) bond motifs is 1. The number of nitrogens with zero attached hydrogens (tertiary/aromatic N) is 4. The molecule has 1 N–H and O–H groups in total. The first-order valence-corrected chi connectivity index (χ1v) is 11.0. The topological polar surface area (TPSA) is 76.2 Å². The number of carbonyl (C=O) groups excluding carboxylic acids is 1. The summed E-state index contributed by atoms with van der Waals surface area (Å²) >= 11 is 1.52. The molecule has 0 aliphatic rings. The number of nitrogens with one attached hydrogen (secondary N) is 1. The summed E-state index contributed by atoms with van der Waals surface area (Å²) in [5.41, 5.74) is 2.13. The van der Waals surface area contributed by atoms with Crippen LogP contribution in [0.3, 0.4) is 0 Å². The number of oxazole rings is 1. The van der Waals surface area contributed by atoms with E-state index in [1.807, 2.05) is 41.8 Å². The number of rotatable bonds is 8. The predicted molar refractivity (Wildman–Crippen MR) is 120 cm³/mol. The van der Waals surface area contributed by atoms with Gasteiger partial charge in [-0.05, 0) is 43.6 Å². The summed E-state index contributed by atoms with van der Waals surface area (Å²) in [5, 5.41) is 4.90. The Morgan fingerprint density at radius 1 is 1.17 bits per heavy atom. The van der Waals surface area contributed by atoms with Crippen LogP contribution in [0.5, 0.6) is 0 Å². The van der Waals surface area contributed by atoms with Gasteiger partial charge in [0.2, 0.25) is 11.8 Å². The highest BCUT2D eigenvalue weighted by molar-refractivity contribution is 7.13. The summed E-state index contributed by atoms with van der Waals surface area (Å²) in [7, 11) is 0. The van der Waals surface area contributed by atoms with Crippen molar-refractivity contribution in [3.63, 3.8) is 0 Å². The van der Waals surface area contributed by atoms with E-state index >= 15 is 0 Å². The van der Waals surface area contributed by atoms with Crippen molar-refractivity contribution < 1.29 is 9.21 Å². The van der Waals surface area contributed by atoms with E-state index in [4.69, 9.17) is 4.42 Å². The number of thiophene rings is 1. The Balaban J connectivity index is 1.62. The Labute approximate surface area is 179 Å². The van der Waals surface area contributed by atoms with Crippen LogP contribution in [0.15, 0.2) is 46.2 Å². The second-order valence-corrected chi connectivity index (χ2v) is 7.91. The van der Waals surface area contributed by atoms with Crippen LogP contribution in [0.25, 0.3) is 21.8 Å². The number of likely N-dealkylation sites (N-methyl/N-ethyl adjacent to an activating group) is 1. The molecule has 0 atom stereocenters. The van der Waals surface area contributed by atoms with E-state index in [0.717, 1.165) is 42.1 Å². The standard InChI is InChI=1S/C22H25N5O2S/c1-4-26(5-2)12-13-27-17-10-7-6-9-16(17)23-22(27)25-20(28)19-15(3)29-21(24-19)18-11-8-14-30-18/h6-11,14H,4-5,12-13H2,1-3H3,(H,23,25,28). The molecule has 0 saturated carbocycles. The lowest BCUT2D eigenvalue weighted by Gasteiger charge is -2.19. The maximum absolute atomic E-state index is 13.0. The third kappa shape index (κ3) is 4.01. The van der Waals surface area contributed by atoms with E-state index in [1.54, 1.807) is 6.92 Å². The summed E-state index contributed by atoms with van der Waals surface area (Å²) < 4.78 is 7.78. The van der Waals surface area contributed by atoms with Gasteiger partial charge in [0.25, 0.3) is 5.91 Å². The van der Waals surface area contributed by atoms with Crippen LogP contribution in [0.2, 0.25) is 0 Å². The maximum atomic E-state index is 13.0. The largest absolute Gasteiger partial charge is 0.440 e. The van der Waals surface area contributed by atoms with Gasteiger partial charge in [0.15, 0.2) is 5.69 Å². The van der Waals surface area contributed by atoms with Gasteiger partial charge in [-0.2, -0.15) is 0 Å². The molecule has 0 aliphatic carbocycles. The zero-order valence-electron chi connectivity index (χ0n) is 17.4. The molecule has 4 rings (SSSR count). The number of amides is 1. The minimum absolute atomic E-state index is 0.278. The first-order valence-electron chi connectivity index (χ1n) is 10.1. The number of hydrogen-bond acceptors (Lipinski definition) is 6. The molecule has 1 amide bonds. The van der Waals surface area contributed by atoms with Crippen molar-refractivity contribution in [2.75, 3.05) is 25.0 Å². The highest BCUT2D eigenvalue weighted by atomic mass is 32.1. The van der Waals surface area contributed by atoms with Crippen molar-refractivity contribution in [2.24, 2.45) is 0 Å². The zero-order chi connectivity index (χ0) is 21.1. The number of para-hydroxylation sites is 2. The van der Waals surface area contributed by atoms with Gasteiger partial charge in [0.05, 0.1) is 15.9 Å². The molecule has 30 heavy (non-hydrogen) atoms. The van der Waals surface area contributed by atoms with Crippen LogP contribution in [0.1, 0.15) is 30.1 Å². The van der Waals surface area contributed by atoms with Gasteiger partial charge in [0.1, 0.15) is 5.76 Å². The first kappa shape index (κ1) is 20.3. The highest BCUT2D eigenvalue weighted by Crippen LogP contribution is 2.27. The number of carbonyl (C=O) groups is 1. The van der Waals surface area contributed by atoms with Gasteiger partial charge in [-0.3, -0.25) is 10.1 Å². The van der Waals surface area contributed by atoms with Crippen molar-refractivity contribution in [2.45, 2.75) is 27.3 Å². The molecule has 1 aromatic carbocycles. The van der Waals surface area contributed by atoms with Crippen LogP contribution in [0.4, 0.5) is 5.95 Å². The Hall–Kier alpha value is -2.97. The molecule has 0 bridgehead atoms. The lowest BCUT2D eigenvalue weighted by Crippen LogP contribution is -2.27. The number of benzene rings is 1. The molecule has 8 heteroatoms. The summed E-state index contributed by atoms with van der Waals surface area (Å²) in [4.78, 5) is 25.3. The maximum Gasteiger partial charge on any atom is 0.280 e. The van der Waals surface area contributed by atoms with Gasteiger partial charge in [-0.1, -0.05) is 32.0 Å². The fraction of sp³-hybridized carbons (Fsp3) is 0.318. The fourth-order valence-electron chi connectivity index (χ4n) is 3.45. The van der Waals surface area contributed by atoms with Gasteiger partial charge in [0, 0.05) is 13.1 Å². The third-order valence-electron chi connectivity index (χ3n) is 5.16. The number of aromatic nitrogens is 3. The van der Waals surface area contributed by atoms with E-state index in [9.17, 15) is 4.79 Å². The van der Waals surface area contributed by atoms with Crippen LogP contribution in [-0.2, 0) is 6.54 Å². The van der Waals surface area contributed by atoms with E-state index in [1.165, 1.54) is 11.3 Å². The van der Waals surface area contributed by atoms with E-state index in [2.05, 4.69) is 38.6 Å². The normalized spacial score (nSPS) is 11.5. The average molecular weight is 424 g/mol. The highest BCUT2D eigenvalue weighted by Gasteiger charge is 2.21. The second-order valence-electron chi connectivity index (χ2n) is 6.96. The molecule has 0 fully saturated rings. The molecule has 0 spiro atoms. The lowest BCUT2D eigenvalue weighted by atomic mass is 10.3. The Kier molecular flexibility index (Phi) is 5.96. The molecule has 0 saturated heterocycles. The molecule has 0 unspecified atom stereocenters. The van der Waals surface area contributed by atoms with Crippen molar-refractivity contribution in [3.05, 3.63) is 53.2 Å². The second kappa shape index (κ2) is 8.81. The van der Waals surface area contributed by atoms with Crippen LogP contribution in [0, 0.1) is 6.92 Å². The molecular weight excluding hydrogens is 398 g/mol. The van der Waals surface area contributed by atoms with Crippen LogP contribution >= 0.6 is 11.3 Å². The molecule has 0 radical (unpaired) electrons. The van der Waals surface area contributed by atoms with E-state index in [0.29, 0.717) is 17.6 Å². The molecule has 3 aromatic heterocycles. The molecule has 3 heterocycles. The van der Waals surface area contributed by atoms with Gasteiger partial charge < -0.3 is 13.9 Å². The van der Waals surface area contributed by atoms with E-state index < -0.39 is 0 Å². The molecule has 4 aromatic rings. The van der Waals surface area contributed by atoms with E-state index in [-0.39, 0.29) is 11.6 Å². The molecule has 0 aliphatic heterocycles. The van der Waals surface area contributed by atoms with Gasteiger partial charge >= 0.3 is 0 Å². The Morgan fingerprint density at radius 2 is 1.97 bits per heavy atom. The van der Waals surface area contributed by atoms with Crippen molar-refractivity contribution in [3.8, 4) is 10.8 Å². The van der Waals surface area contributed by atoms with Gasteiger partial charge in [-0.15, -0.1) is 11.3 Å². The smallest absolute Gasteiger partial charge is 0.280 e. The number of imidazole rings is 1. The molecule has 156 valence electrons.